The number of halogens is 1. The molecule has 0 aliphatic carbocycles. The molecular formula is C13H13BrN2O. The Labute approximate surface area is 108 Å². The summed E-state index contributed by atoms with van der Waals surface area (Å²) in [5.74, 6) is 0.163. The van der Waals surface area contributed by atoms with Crippen molar-refractivity contribution in [3.8, 4) is 0 Å². The van der Waals surface area contributed by atoms with Crippen LogP contribution < -0.4 is 5.32 Å². The van der Waals surface area contributed by atoms with Crippen molar-refractivity contribution in [2.45, 2.75) is 19.4 Å². The lowest BCUT2D eigenvalue weighted by molar-refractivity contribution is -0.119. The molecule has 3 rings (SSSR count). The Kier molecular flexibility index (Phi) is 2.56. The van der Waals surface area contributed by atoms with Crippen molar-refractivity contribution in [3.05, 3.63) is 33.9 Å². The van der Waals surface area contributed by atoms with Gasteiger partial charge in [-0.1, -0.05) is 15.9 Å². The first kappa shape index (κ1) is 11.0. The number of carbonyl (C=O) groups is 1. The maximum Gasteiger partial charge on any atom is 0.152 e. The fourth-order valence-electron chi connectivity index (χ4n) is 2.55. The van der Waals surface area contributed by atoms with Gasteiger partial charge in [-0.2, -0.15) is 0 Å². The van der Waals surface area contributed by atoms with E-state index in [1.807, 2.05) is 6.07 Å². The molecule has 0 bridgehead atoms. The van der Waals surface area contributed by atoms with Gasteiger partial charge >= 0.3 is 0 Å². The summed E-state index contributed by atoms with van der Waals surface area (Å²) >= 11 is 3.49. The van der Waals surface area contributed by atoms with E-state index in [0.29, 0.717) is 0 Å². The van der Waals surface area contributed by atoms with Crippen LogP contribution >= 0.6 is 15.9 Å². The molecule has 4 heteroatoms. The van der Waals surface area contributed by atoms with Crippen LogP contribution in [0.3, 0.4) is 0 Å². The van der Waals surface area contributed by atoms with Crippen LogP contribution in [0.5, 0.6) is 0 Å². The maximum atomic E-state index is 11.6. The number of aromatic amines is 1. The van der Waals surface area contributed by atoms with Crippen LogP contribution in [0, 0.1) is 0 Å². The summed E-state index contributed by atoms with van der Waals surface area (Å²) in [6.07, 6.45) is 0.968. The number of hydrogen-bond donors (Lipinski definition) is 2. The van der Waals surface area contributed by atoms with Crippen LogP contribution in [-0.2, 0) is 11.2 Å². The van der Waals surface area contributed by atoms with Gasteiger partial charge in [0, 0.05) is 27.6 Å². The highest BCUT2D eigenvalue weighted by Gasteiger charge is 2.26. The molecule has 2 aromatic rings. The molecule has 17 heavy (non-hydrogen) atoms. The lowest BCUT2D eigenvalue weighted by atomic mass is 9.97. The van der Waals surface area contributed by atoms with Gasteiger partial charge in [-0.3, -0.25) is 4.79 Å². The van der Waals surface area contributed by atoms with Gasteiger partial charge in [0.1, 0.15) is 6.04 Å². The standard InChI is InChI=1S/C13H13BrN2O/c1-7(17)12-13-9(4-5-15-12)10-6-8(14)2-3-11(10)16-13/h2-3,6,12,15-16H,4-5H2,1H3. The Morgan fingerprint density at radius 1 is 1.47 bits per heavy atom. The summed E-state index contributed by atoms with van der Waals surface area (Å²) in [6.45, 7) is 2.49. The van der Waals surface area contributed by atoms with E-state index in [1.54, 1.807) is 6.92 Å². The van der Waals surface area contributed by atoms with E-state index >= 15 is 0 Å². The predicted octanol–water partition coefficient (Wildman–Crippen LogP) is 2.71. The molecule has 0 saturated heterocycles. The molecule has 1 atom stereocenters. The van der Waals surface area contributed by atoms with Gasteiger partial charge in [0.2, 0.25) is 0 Å². The molecule has 0 amide bonds. The van der Waals surface area contributed by atoms with Gasteiger partial charge in [0.15, 0.2) is 5.78 Å². The predicted molar refractivity (Wildman–Crippen MR) is 71.1 cm³/mol. The molecule has 0 saturated carbocycles. The molecule has 0 radical (unpaired) electrons. The highest BCUT2D eigenvalue weighted by Crippen LogP contribution is 2.31. The second-order valence-electron chi connectivity index (χ2n) is 4.45. The number of fused-ring (bicyclic) bond motifs is 3. The summed E-state index contributed by atoms with van der Waals surface area (Å²) < 4.78 is 1.07. The van der Waals surface area contributed by atoms with E-state index in [0.717, 1.165) is 28.6 Å². The molecule has 0 fully saturated rings. The van der Waals surface area contributed by atoms with Crippen molar-refractivity contribution in [3.63, 3.8) is 0 Å². The first-order chi connectivity index (χ1) is 8.16. The smallest absolute Gasteiger partial charge is 0.152 e. The largest absolute Gasteiger partial charge is 0.356 e. The van der Waals surface area contributed by atoms with Gasteiger partial charge in [0.25, 0.3) is 0 Å². The van der Waals surface area contributed by atoms with E-state index in [-0.39, 0.29) is 11.8 Å². The van der Waals surface area contributed by atoms with Gasteiger partial charge in [-0.25, -0.2) is 0 Å². The first-order valence-electron chi connectivity index (χ1n) is 5.70. The molecule has 88 valence electrons. The van der Waals surface area contributed by atoms with Crippen LogP contribution in [0.15, 0.2) is 22.7 Å². The zero-order valence-electron chi connectivity index (χ0n) is 9.51. The van der Waals surface area contributed by atoms with E-state index in [1.165, 1.54) is 10.9 Å². The second-order valence-corrected chi connectivity index (χ2v) is 5.37. The van der Waals surface area contributed by atoms with Crippen LogP contribution in [0.4, 0.5) is 0 Å². The summed E-state index contributed by atoms with van der Waals surface area (Å²) in [5.41, 5.74) is 3.42. The van der Waals surface area contributed by atoms with E-state index in [9.17, 15) is 4.79 Å². The third-order valence-corrected chi connectivity index (χ3v) is 3.81. The molecule has 1 aromatic carbocycles. The Balaban J connectivity index is 2.25. The highest BCUT2D eigenvalue weighted by atomic mass is 79.9. The SMILES string of the molecule is CC(=O)C1NCCc2c1[nH]c1ccc(Br)cc21. The minimum Gasteiger partial charge on any atom is -0.356 e. The van der Waals surface area contributed by atoms with E-state index in [4.69, 9.17) is 0 Å². The topological polar surface area (TPSA) is 44.9 Å². The number of carbonyl (C=O) groups excluding carboxylic acids is 1. The number of rotatable bonds is 1. The molecule has 1 aromatic heterocycles. The Morgan fingerprint density at radius 2 is 2.29 bits per heavy atom. The fraction of sp³-hybridized carbons (Fsp3) is 0.308. The molecule has 1 unspecified atom stereocenters. The molecule has 1 aliphatic rings. The lowest BCUT2D eigenvalue weighted by Gasteiger charge is -2.21. The quantitative estimate of drug-likeness (QED) is 0.849. The Bertz CT molecular complexity index is 603. The maximum absolute atomic E-state index is 11.6. The molecule has 2 N–H and O–H groups in total. The number of H-pyrrole nitrogens is 1. The first-order valence-corrected chi connectivity index (χ1v) is 6.50. The number of nitrogens with one attached hydrogen (secondary N) is 2. The van der Waals surface area contributed by atoms with Crippen LogP contribution in [-0.4, -0.2) is 17.3 Å². The number of ketones is 1. The fourth-order valence-corrected chi connectivity index (χ4v) is 2.91. The number of aromatic nitrogens is 1. The van der Waals surface area contributed by atoms with Crippen molar-refractivity contribution in [1.29, 1.82) is 0 Å². The number of benzene rings is 1. The molecule has 1 aliphatic heterocycles. The molecular weight excluding hydrogens is 280 g/mol. The van der Waals surface area contributed by atoms with Crippen molar-refractivity contribution in [2.24, 2.45) is 0 Å². The minimum atomic E-state index is -0.176. The summed E-state index contributed by atoms with van der Waals surface area (Å²) in [6, 6.07) is 6.01. The van der Waals surface area contributed by atoms with Crippen LogP contribution in [0.25, 0.3) is 10.9 Å². The van der Waals surface area contributed by atoms with Gasteiger partial charge in [-0.05, 0) is 37.1 Å². The lowest BCUT2D eigenvalue weighted by Crippen LogP contribution is -2.33. The van der Waals surface area contributed by atoms with Gasteiger partial charge in [-0.15, -0.1) is 0 Å². The van der Waals surface area contributed by atoms with E-state index in [2.05, 4.69) is 38.4 Å². The third-order valence-electron chi connectivity index (χ3n) is 3.32. The summed E-state index contributed by atoms with van der Waals surface area (Å²) in [5, 5.41) is 4.48. The monoisotopic (exact) mass is 292 g/mol. The summed E-state index contributed by atoms with van der Waals surface area (Å²) in [4.78, 5) is 15.0. The number of hydrogen-bond acceptors (Lipinski definition) is 2. The van der Waals surface area contributed by atoms with Crippen LogP contribution in [0.2, 0.25) is 0 Å². The number of Topliss-reactive ketones (excluding diaryl/α,β-unsaturated/α-hetero) is 1. The molecule has 0 spiro atoms. The van der Waals surface area contributed by atoms with Gasteiger partial charge in [0.05, 0.1) is 0 Å². The van der Waals surface area contributed by atoms with Crippen LogP contribution in [0.1, 0.15) is 24.2 Å². The highest BCUT2D eigenvalue weighted by molar-refractivity contribution is 9.10. The van der Waals surface area contributed by atoms with Crippen molar-refractivity contribution in [2.75, 3.05) is 6.54 Å². The molecule has 2 heterocycles. The van der Waals surface area contributed by atoms with Gasteiger partial charge < -0.3 is 10.3 Å². The third kappa shape index (κ3) is 1.72. The zero-order valence-corrected chi connectivity index (χ0v) is 11.1. The summed E-state index contributed by atoms with van der Waals surface area (Å²) in [7, 11) is 0. The minimum absolute atomic E-state index is 0.163. The Morgan fingerprint density at radius 3 is 3.06 bits per heavy atom. The molecule has 3 nitrogen and oxygen atoms in total. The van der Waals surface area contributed by atoms with Crippen molar-refractivity contribution >= 4 is 32.6 Å². The average molecular weight is 293 g/mol. The zero-order chi connectivity index (χ0) is 12.0. The van der Waals surface area contributed by atoms with Crippen molar-refractivity contribution < 1.29 is 4.79 Å². The average Bonchev–Trinajstić information content (AvgIpc) is 2.66. The van der Waals surface area contributed by atoms with Crippen molar-refractivity contribution in [1.82, 2.24) is 10.3 Å². The Hall–Kier alpha value is -1.13. The van der Waals surface area contributed by atoms with E-state index < -0.39 is 0 Å². The normalized spacial score (nSPS) is 19.3. The second kappa shape index (κ2) is 3.96.